The van der Waals surface area contributed by atoms with Crippen molar-refractivity contribution in [3.63, 3.8) is 0 Å². The smallest absolute Gasteiger partial charge is 0.150 e. The van der Waals surface area contributed by atoms with E-state index in [-0.39, 0.29) is 0 Å². The Kier molecular flexibility index (Phi) is 3.87. The van der Waals surface area contributed by atoms with Gasteiger partial charge in [0.05, 0.1) is 6.04 Å². The van der Waals surface area contributed by atoms with Crippen LogP contribution in [-0.4, -0.2) is 32.8 Å². The van der Waals surface area contributed by atoms with Crippen molar-refractivity contribution in [3.05, 3.63) is 12.2 Å². The van der Waals surface area contributed by atoms with E-state index in [2.05, 4.69) is 33.5 Å². The molecule has 2 fully saturated rings. The number of nitrogens with zero attached hydrogens (tertiary/aromatic N) is 4. The third kappa shape index (κ3) is 3.16. The predicted molar refractivity (Wildman–Crippen MR) is 75.7 cm³/mol. The summed E-state index contributed by atoms with van der Waals surface area (Å²) in [5.74, 6) is 2.82. The van der Waals surface area contributed by atoms with Crippen molar-refractivity contribution in [3.8, 4) is 0 Å². The average molecular weight is 262 g/mol. The van der Waals surface area contributed by atoms with Crippen LogP contribution in [-0.2, 0) is 6.54 Å². The van der Waals surface area contributed by atoms with E-state index in [9.17, 15) is 0 Å². The van der Waals surface area contributed by atoms with Gasteiger partial charge in [-0.1, -0.05) is 20.3 Å². The van der Waals surface area contributed by atoms with E-state index in [1.807, 2.05) is 6.33 Å². The lowest BCUT2D eigenvalue weighted by Gasteiger charge is -2.36. The molecule has 3 rings (SSSR count). The molecular weight excluding hydrogens is 236 g/mol. The van der Waals surface area contributed by atoms with E-state index in [0.717, 1.165) is 18.4 Å². The Morgan fingerprint density at radius 3 is 2.84 bits per heavy atom. The maximum atomic E-state index is 4.45. The van der Waals surface area contributed by atoms with Crippen molar-refractivity contribution in [2.45, 2.75) is 58.5 Å². The maximum absolute atomic E-state index is 4.45. The van der Waals surface area contributed by atoms with E-state index in [1.54, 1.807) is 0 Å². The van der Waals surface area contributed by atoms with Gasteiger partial charge in [0.1, 0.15) is 12.2 Å². The Hall–Kier alpha value is -0.900. The van der Waals surface area contributed by atoms with Crippen LogP contribution < -0.4 is 0 Å². The zero-order valence-corrected chi connectivity index (χ0v) is 12.3. The van der Waals surface area contributed by atoms with Crippen LogP contribution in [0.5, 0.6) is 0 Å². The van der Waals surface area contributed by atoms with Gasteiger partial charge in [0, 0.05) is 13.1 Å². The molecule has 1 aromatic rings. The molecule has 2 heterocycles. The second-order valence-electron chi connectivity index (χ2n) is 6.69. The van der Waals surface area contributed by atoms with Crippen LogP contribution in [0.4, 0.5) is 0 Å². The molecule has 0 bridgehead atoms. The van der Waals surface area contributed by atoms with Crippen LogP contribution in [0, 0.1) is 11.8 Å². The van der Waals surface area contributed by atoms with Crippen LogP contribution in [0.25, 0.3) is 0 Å². The molecule has 1 unspecified atom stereocenters. The zero-order valence-electron chi connectivity index (χ0n) is 12.3. The van der Waals surface area contributed by atoms with Gasteiger partial charge in [-0.2, -0.15) is 0 Å². The molecule has 4 heteroatoms. The summed E-state index contributed by atoms with van der Waals surface area (Å²) in [4.78, 5) is 2.63. The van der Waals surface area contributed by atoms with Gasteiger partial charge < -0.3 is 4.57 Å². The lowest BCUT2D eigenvalue weighted by molar-refractivity contribution is 0.123. The van der Waals surface area contributed by atoms with Gasteiger partial charge in [-0.25, -0.2) is 0 Å². The monoisotopic (exact) mass is 262 g/mol. The highest BCUT2D eigenvalue weighted by Gasteiger charge is 2.30. The van der Waals surface area contributed by atoms with E-state index in [0.29, 0.717) is 6.04 Å². The summed E-state index contributed by atoms with van der Waals surface area (Å²) in [6.07, 6.45) is 8.62. The number of hydrogen-bond acceptors (Lipinski definition) is 3. The van der Waals surface area contributed by atoms with Gasteiger partial charge in [0.15, 0.2) is 0 Å². The van der Waals surface area contributed by atoms with Crippen LogP contribution in [0.1, 0.15) is 57.8 Å². The molecule has 1 saturated carbocycles. The second-order valence-corrected chi connectivity index (χ2v) is 6.69. The number of hydrogen-bond donors (Lipinski definition) is 0. The molecule has 2 aliphatic rings. The minimum absolute atomic E-state index is 0.498. The summed E-state index contributed by atoms with van der Waals surface area (Å²) in [7, 11) is 0. The van der Waals surface area contributed by atoms with Gasteiger partial charge in [-0.15, -0.1) is 10.2 Å². The molecule has 0 spiro atoms. The molecule has 106 valence electrons. The van der Waals surface area contributed by atoms with Crippen molar-refractivity contribution in [1.82, 2.24) is 19.7 Å². The van der Waals surface area contributed by atoms with Gasteiger partial charge in [-0.05, 0) is 44.1 Å². The van der Waals surface area contributed by atoms with E-state index < -0.39 is 0 Å². The largest absolute Gasteiger partial charge is 0.316 e. The normalized spacial score (nSPS) is 25.1. The fraction of sp³-hybridized carbons (Fsp3) is 0.867. The van der Waals surface area contributed by atoms with E-state index >= 15 is 0 Å². The predicted octanol–water partition coefficient (Wildman–Crippen LogP) is 2.87. The van der Waals surface area contributed by atoms with Crippen LogP contribution >= 0.6 is 0 Å². The molecule has 19 heavy (non-hydrogen) atoms. The van der Waals surface area contributed by atoms with Gasteiger partial charge in [-0.3, -0.25) is 4.90 Å². The number of piperidine rings is 1. The fourth-order valence-electron chi connectivity index (χ4n) is 3.21. The molecule has 1 aliphatic carbocycles. The van der Waals surface area contributed by atoms with E-state index in [1.165, 1.54) is 51.0 Å². The van der Waals surface area contributed by atoms with Crippen molar-refractivity contribution < 1.29 is 0 Å². The number of likely N-dealkylation sites (tertiary alicyclic amines) is 1. The van der Waals surface area contributed by atoms with Gasteiger partial charge in [0.25, 0.3) is 0 Å². The summed E-state index contributed by atoms with van der Waals surface area (Å²) in [6, 6.07) is 0.498. The summed E-state index contributed by atoms with van der Waals surface area (Å²) in [5, 5.41) is 8.63. The molecule has 1 aromatic heterocycles. The van der Waals surface area contributed by atoms with Gasteiger partial charge >= 0.3 is 0 Å². The standard InChI is InChI=1S/C15H26N4/c1-12(2)9-18-8-4-3-5-14(18)15-17-16-11-19(15)10-13-6-7-13/h11-14H,3-10H2,1-2H3. The van der Waals surface area contributed by atoms with Crippen molar-refractivity contribution in [1.29, 1.82) is 0 Å². The third-order valence-corrected chi connectivity index (χ3v) is 4.31. The fourth-order valence-corrected chi connectivity index (χ4v) is 3.21. The highest BCUT2D eigenvalue weighted by Crippen LogP contribution is 2.34. The topological polar surface area (TPSA) is 34.0 Å². The van der Waals surface area contributed by atoms with Crippen molar-refractivity contribution >= 4 is 0 Å². The molecule has 1 saturated heterocycles. The summed E-state index contributed by atoms with van der Waals surface area (Å²) in [6.45, 7) is 8.15. The zero-order chi connectivity index (χ0) is 13.2. The summed E-state index contributed by atoms with van der Waals surface area (Å²) >= 11 is 0. The molecule has 0 N–H and O–H groups in total. The Balaban J connectivity index is 1.75. The maximum Gasteiger partial charge on any atom is 0.150 e. The lowest BCUT2D eigenvalue weighted by Crippen LogP contribution is -2.37. The van der Waals surface area contributed by atoms with Crippen LogP contribution in [0.15, 0.2) is 6.33 Å². The average Bonchev–Trinajstić information content (AvgIpc) is 3.07. The third-order valence-electron chi connectivity index (χ3n) is 4.31. The van der Waals surface area contributed by atoms with Crippen LogP contribution in [0.2, 0.25) is 0 Å². The van der Waals surface area contributed by atoms with Crippen molar-refractivity contribution in [2.75, 3.05) is 13.1 Å². The first-order valence-electron chi connectivity index (χ1n) is 7.86. The highest BCUT2D eigenvalue weighted by atomic mass is 15.3. The first-order chi connectivity index (χ1) is 9.24. The molecule has 4 nitrogen and oxygen atoms in total. The Bertz CT molecular complexity index is 408. The molecule has 0 aromatic carbocycles. The van der Waals surface area contributed by atoms with Crippen molar-refractivity contribution in [2.24, 2.45) is 11.8 Å². The minimum Gasteiger partial charge on any atom is -0.316 e. The summed E-state index contributed by atoms with van der Waals surface area (Å²) in [5.41, 5.74) is 0. The Morgan fingerprint density at radius 2 is 2.11 bits per heavy atom. The van der Waals surface area contributed by atoms with Crippen LogP contribution in [0.3, 0.4) is 0 Å². The highest BCUT2D eigenvalue weighted by molar-refractivity contribution is 4.99. The SMILES string of the molecule is CC(C)CN1CCCCC1c1nncn1CC1CC1. The molecular formula is C15H26N4. The Labute approximate surface area is 116 Å². The van der Waals surface area contributed by atoms with E-state index in [4.69, 9.17) is 0 Å². The number of rotatable bonds is 5. The molecule has 0 radical (unpaired) electrons. The second kappa shape index (κ2) is 5.61. The first-order valence-corrected chi connectivity index (χ1v) is 7.86. The molecule has 0 amide bonds. The first kappa shape index (κ1) is 13.1. The minimum atomic E-state index is 0.498. The quantitative estimate of drug-likeness (QED) is 0.818. The Morgan fingerprint density at radius 1 is 1.26 bits per heavy atom. The molecule has 1 aliphatic heterocycles. The summed E-state index contributed by atoms with van der Waals surface area (Å²) < 4.78 is 2.32. The number of aromatic nitrogens is 3. The molecule has 1 atom stereocenters. The lowest BCUT2D eigenvalue weighted by atomic mass is 10.00. The van der Waals surface area contributed by atoms with Gasteiger partial charge in [0.2, 0.25) is 0 Å².